The highest BCUT2D eigenvalue weighted by molar-refractivity contribution is 9.10. The van der Waals surface area contributed by atoms with E-state index in [0.29, 0.717) is 5.11 Å². The highest BCUT2D eigenvalue weighted by atomic mass is 79.9. The van der Waals surface area contributed by atoms with Crippen LogP contribution in [0.1, 0.15) is 23.5 Å². The zero-order valence-corrected chi connectivity index (χ0v) is 23.9. The topological polar surface area (TPSA) is 37.0 Å². The largest absolute Gasteiger partial charge is 0.343 e. The fourth-order valence-electron chi connectivity index (χ4n) is 4.57. The van der Waals surface area contributed by atoms with Crippen LogP contribution >= 0.6 is 44.1 Å². The molecule has 2 aromatic rings. The zero-order valence-electron chi connectivity index (χ0n) is 19.9. The minimum absolute atomic E-state index is 0.0156. The Balaban J connectivity index is 1.53. The van der Waals surface area contributed by atoms with Crippen LogP contribution in [-0.4, -0.2) is 91.2 Å². The Hall–Kier alpha value is -1.07. The molecule has 2 atom stereocenters. The predicted molar refractivity (Wildman–Crippen MR) is 151 cm³/mol. The van der Waals surface area contributed by atoms with Gasteiger partial charge in [0.2, 0.25) is 0 Å². The number of hydrogen-bond acceptors (Lipinski definition) is 5. The molecular formula is C25H34Br2N6S. The van der Waals surface area contributed by atoms with Crippen molar-refractivity contribution in [1.29, 1.82) is 0 Å². The summed E-state index contributed by atoms with van der Waals surface area (Å²) in [4.78, 5) is 9.73. The number of hydrogen-bond donors (Lipinski definition) is 2. The second kappa shape index (κ2) is 12.3. The van der Waals surface area contributed by atoms with Gasteiger partial charge in [-0.2, -0.15) is 0 Å². The van der Waals surface area contributed by atoms with Crippen molar-refractivity contribution in [3.63, 3.8) is 0 Å². The molecule has 2 fully saturated rings. The minimum atomic E-state index is 0.0156. The van der Waals surface area contributed by atoms with E-state index in [9.17, 15) is 0 Å². The van der Waals surface area contributed by atoms with Crippen molar-refractivity contribution in [3.05, 3.63) is 68.6 Å². The summed E-state index contributed by atoms with van der Waals surface area (Å²) in [5.74, 6) is 0. The molecule has 0 aliphatic carbocycles. The van der Waals surface area contributed by atoms with Crippen molar-refractivity contribution < 1.29 is 0 Å². The quantitative estimate of drug-likeness (QED) is 0.482. The summed E-state index contributed by atoms with van der Waals surface area (Å²) in [7, 11) is 4.37. The molecule has 0 amide bonds. The van der Waals surface area contributed by atoms with Crippen LogP contribution in [0.5, 0.6) is 0 Å². The second-order valence-corrected chi connectivity index (χ2v) is 11.5. The monoisotopic (exact) mass is 608 g/mol. The lowest BCUT2D eigenvalue weighted by Crippen LogP contribution is -2.55. The Bertz CT molecular complexity index is 884. The van der Waals surface area contributed by atoms with Crippen LogP contribution in [0.15, 0.2) is 57.5 Å². The molecule has 9 heteroatoms. The van der Waals surface area contributed by atoms with Crippen LogP contribution in [0.3, 0.4) is 0 Å². The van der Waals surface area contributed by atoms with Crippen molar-refractivity contribution >= 4 is 49.2 Å². The first kappa shape index (κ1) is 26.0. The predicted octanol–water partition coefficient (Wildman–Crippen LogP) is 3.87. The molecule has 0 spiro atoms. The van der Waals surface area contributed by atoms with Crippen LogP contribution in [0, 0.1) is 0 Å². The summed E-state index contributed by atoms with van der Waals surface area (Å²) in [6.07, 6.45) is 0.0312. The third-order valence-electron chi connectivity index (χ3n) is 6.67. The maximum Gasteiger partial charge on any atom is 0.169 e. The zero-order chi connectivity index (χ0) is 24.1. The van der Waals surface area contributed by atoms with Crippen LogP contribution < -0.4 is 10.6 Å². The first-order valence-electron chi connectivity index (χ1n) is 11.8. The highest BCUT2D eigenvalue weighted by Gasteiger charge is 2.28. The molecule has 184 valence electrons. The Morgan fingerprint density at radius 1 is 0.706 bits per heavy atom. The van der Waals surface area contributed by atoms with E-state index in [1.165, 1.54) is 11.1 Å². The molecule has 2 unspecified atom stereocenters. The number of benzene rings is 2. The van der Waals surface area contributed by atoms with E-state index in [4.69, 9.17) is 12.2 Å². The highest BCUT2D eigenvalue weighted by Crippen LogP contribution is 2.25. The van der Waals surface area contributed by atoms with Gasteiger partial charge in [-0.3, -0.25) is 9.80 Å². The Labute approximate surface area is 225 Å². The summed E-state index contributed by atoms with van der Waals surface area (Å²) in [6, 6.07) is 17.0. The standard InChI is InChI=1S/C25H34Br2N6S/c1-30-9-13-32(14-10-30)23(19-5-3-7-21(26)17-19)28-25(34)29-24(20-6-4-8-22(27)18-20)33-15-11-31(2)12-16-33/h3-8,17-18,23-24H,9-16H2,1-2H3,(H2,28,29,34). The van der Waals surface area contributed by atoms with Gasteiger partial charge in [0.1, 0.15) is 12.3 Å². The van der Waals surface area contributed by atoms with Gasteiger partial charge < -0.3 is 20.4 Å². The molecule has 2 aliphatic heterocycles. The lowest BCUT2D eigenvalue weighted by Gasteiger charge is -2.41. The second-order valence-electron chi connectivity index (χ2n) is 9.21. The average Bonchev–Trinajstić information content (AvgIpc) is 2.82. The van der Waals surface area contributed by atoms with Gasteiger partial charge in [0.25, 0.3) is 0 Å². The number of nitrogens with zero attached hydrogens (tertiary/aromatic N) is 4. The average molecular weight is 610 g/mol. The first-order valence-corrected chi connectivity index (χ1v) is 13.8. The van der Waals surface area contributed by atoms with E-state index >= 15 is 0 Å². The van der Waals surface area contributed by atoms with E-state index in [-0.39, 0.29) is 12.3 Å². The van der Waals surface area contributed by atoms with Gasteiger partial charge in [0.05, 0.1) is 0 Å². The van der Waals surface area contributed by atoms with Gasteiger partial charge >= 0.3 is 0 Å². The Morgan fingerprint density at radius 2 is 1.09 bits per heavy atom. The molecule has 0 bridgehead atoms. The van der Waals surface area contributed by atoms with Crippen LogP contribution in [0.2, 0.25) is 0 Å². The normalized spacial score (nSPS) is 20.6. The third-order valence-corrected chi connectivity index (χ3v) is 7.89. The summed E-state index contributed by atoms with van der Waals surface area (Å²) >= 11 is 13.2. The minimum Gasteiger partial charge on any atom is -0.343 e. The molecule has 2 aromatic carbocycles. The van der Waals surface area contributed by atoms with E-state index in [0.717, 1.165) is 61.3 Å². The van der Waals surface area contributed by atoms with Crippen molar-refractivity contribution in [2.75, 3.05) is 66.5 Å². The molecule has 34 heavy (non-hydrogen) atoms. The number of halogens is 2. The van der Waals surface area contributed by atoms with E-state index in [1.807, 2.05) is 0 Å². The molecule has 4 rings (SSSR count). The number of thiocarbonyl (C=S) groups is 1. The molecule has 0 saturated carbocycles. The molecule has 0 radical (unpaired) electrons. The lowest BCUT2D eigenvalue weighted by atomic mass is 10.1. The molecule has 6 nitrogen and oxygen atoms in total. The summed E-state index contributed by atoms with van der Waals surface area (Å²) in [5, 5.41) is 8.01. The van der Waals surface area contributed by atoms with E-state index < -0.39 is 0 Å². The fraction of sp³-hybridized carbons (Fsp3) is 0.480. The number of piperazine rings is 2. The van der Waals surface area contributed by atoms with E-state index in [2.05, 4.69) is 125 Å². The number of nitrogens with one attached hydrogen (secondary N) is 2. The molecule has 2 saturated heterocycles. The SMILES string of the molecule is CN1CCN(C(NC(=S)NC(c2cccc(Br)c2)N2CCN(C)CC2)c2cccc(Br)c2)CC1. The fourth-order valence-corrected chi connectivity index (χ4v) is 5.63. The maximum atomic E-state index is 5.94. The van der Waals surface area contributed by atoms with Crippen LogP contribution in [-0.2, 0) is 0 Å². The van der Waals surface area contributed by atoms with Crippen LogP contribution in [0.4, 0.5) is 0 Å². The van der Waals surface area contributed by atoms with Gasteiger partial charge in [-0.25, -0.2) is 0 Å². The van der Waals surface area contributed by atoms with Gasteiger partial charge in [0.15, 0.2) is 5.11 Å². The van der Waals surface area contributed by atoms with Crippen molar-refractivity contribution in [2.24, 2.45) is 0 Å². The molecular weight excluding hydrogens is 576 g/mol. The van der Waals surface area contributed by atoms with Crippen molar-refractivity contribution in [3.8, 4) is 0 Å². The smallest absolute Gasteiger partial charge is 0.169 e. The van der Waals surface area contributed by atoms with E-state index in [1.54, 1.807) is 0 Å². The maximum absolute atomic E-state index is 5.94. The van der Waals surface area contributed by atoms with Crippen LogP contribution in [0.25, 0.3) is 0 Å². The third kappa shape index (κ3) is 7.00. The summed E-state index contributed by atoms with van der Waals surface area (Å²) in [6.45, 7) is 8.19. The molecule has 2 N–H and O–H groups in total. The molecule has 0 aromatic heterocycles. The van der Waals surface area contributed by atoms with Gasteiger partial charge in [0, 0.05) is 61.3 Å². The van der Waals surface area contributed by atoms with Gasteiger partial charge in [-0.1, -0.05) is 56.1 Å². The van der Waals surface area contributed by atoms with Gasteiger partial charge in [-0.05, 0) is 61.7 Å². The number of rotatable bonds is 6. The molecule has 2 heterocycles. The Morgan fingerprint density at radius 3 is 1.44 bits per heavy atom. The van der Waals surface area contributed by atoms with Gasteiger partial charge in [-0.15, -0.1) is 0 Å². The Kier molecular flexibility index (Phi) is 9.37. The first-order chi connectivity index (χ1) is 16.4. The summed E-state index contributed by atoms with van der Waals surface area (Å²) in [5.41, 5.74) is 2.42. The number of likely N-dealkylation sites (N-methyl/N-ethyl adjacent to an activating group) is 2. The molecule has 2 aliphatic rings. The lowest BCUT2D eigenvalue weighted by molar-refractivity contribution is 0.0965. The van der Waals surface area contributed by atoms with Crippen molar-refractivity contribution in [2.45, 2.75) is 12.3 Å². The van der Waals surface area contributed by atoms with Crippen molar-refractivity contribution in [1.82, 2.24) is 30.2 Å². The summed E-state index contributed by atoms with van der Waals surface area (Å²) < 4.78 is 2.16.